The van der Waals surface area contributed by atoms with E-state index in [9.17, 15) is 4.79 Å². The number of hydrogen-bond donors (Lipinski definition) is 2. The van der Waals surface area contributed by atoms with Crippen molar-refractivity contribution in [2.24, 2.45) is 0 Å². The molecule has 2 N–H and O–H groups in total. The maximum atomic E-state index is 12.3. The number of rotatable bonds is 3. The maximum absolute atomic E-state index is 12.3. The van der Waals surface area contributed by atoms with Crippen LogP contribution >= 0.6 is 23.8 Å². The molecule has 1 amide bonds. The number of piperazine rings is 1. The Balaban J connectivity index is 1.68. The third-order valence-electron chi connectivity index (χ3n) is 4.34. The lowest BCUT2D eigenvalue weighted by atomic mass is 10.2. The van der Waals surface area contributed by atoms with E-state index < -0.39 is 0 Å². The zero-order chi connectivity index (χ0) is 18.5. The summed E-state index contributed by atoms with van der Waals surface area (Å²) in [5, 5.41) is 6.47. The van der Waals surface area contributed by atoms with Crippen molar-refractivity contribution >= 4 is 46.2 Å². The number of halogens is 1. The van der Waals surface area contributed by atoms with Crippen LogP contribution in [0.4, 0.5) is 11.4 Å². The van der Waals surface area contributed by atoms with Gasteiger partial charge in [0.2, 0.25) is 0 Å². The van der Waals surface area contributed by atoms with Crippen molar-refractivity contribution in [1.29, 1.82) is 0 Å². The molecule has 7 heteroatoms. The van der Waals surface area contributed by atoms with Gasteiger partial charge in [-0.1, -0.05) is 35.9 Å². The summed E-state index contributed by atoms with van der Waals surface area (Å²) in [7, 11) is 2.13. The molecule has 1 heterocycles. The van der Waals surface area contributed by atoms with Gasteiger partial charge in [-0.25, -0.2) is 0 Å². The summed E-state index contributed by atoms with van der Waals surface area (Å²) in [6.45, 7) is 3.94. The third kappa shape index (κ3) is 4.52. The highest BCUT2D eigenvalue weighted by Gasteiger charge is 2.18. The molecular weight excluding hydrogens is 368 g/mol. The SMILES string of the molecule is CN1CCN(c2ccccc2NC(=S)NC(=O)c2ccccc2Cl)CC1. The molecule has 0 aliphatic carbocycles. The van der Waals surface area contributed by atoms with Crippen LogP contribution in [0.3, 0.4) is 0 Å². The summed E-state index contributed by atoms with van der Waals surface area (Å²) >= 11 is 11.4. The second-order valence-corrected chi connectivity index (χ2v) is 7.01. The Morgan fingerprint density at radius 3 is 2.42 bits per heavy atom. The van der Waals surface area contributed by atoms with E-state index >= 15 is 0 Å². The molecule has 2 aromatic rings. The highest BCUT2D eigenvalue weighted by Crippen LogP contribution is 2.26. The maximum Gasteiger partial charge on any atom is 0.258 e. The van der Waals surface area contributed by atoms with Gasteiger partial charge in [-0.15, -0.1) is 0 Å². The van der Waals surface area contributed by atoms with Gasteiger partial charge in [0.15, 0.2) is 5.11 Å². The first-order valence-electron chi connectivity index (χ1n) is 8.44. The highest BCUT2D eigenvalue weighted by molar-refractivity contribution is 7.80. The molecule has 1 aliphatic heterocycles. The van der Waals surface area contributed by atoms with Gasteiger partial charge in [-0.2, -0.15) is 0 Å². The summed E-state index contributed by atoms with van der Waals surface area (Å²) < 4.78 is 0. The van der Waals surface area contributed by atoms with E-state index in [2.05, 4.69) is 33.5 Å². The summed E-state index contributed by atoms with van der Waals surface area (Å²) in [5.41, 5.74) is 2.35. The Kier molecular flexibility index (Phi) is 6.08. The van der Waals surface area contributed by atoms with Crippen molar-refractivity contribution in [2.75, 3.05) is 43.4 Å². The normalized spacial score (nSPS) is 14.8. The standard InChI is InChI=1S/C19H21ClN4OS/c1-23-10-12-24(13-11-23)17-9-5-4-8-16(17)21-19(26)22-18(25)14-6-2-3-7-15(14)20/h2-9H,10-13H2,1H3,(H2,21,22,25,26). The number of likely N-dealkylation sites (N-methyl/N-ethyl adjacent to an activating group) is 1. The number of nitrogens with one attached hydrogen (secondary N) is 2. The van der Waals surface area contributed by atoms with Crippen LogP contribution < -0.4 is 15.5 Å². The molecule has 0 aromatic heterocycles. The van der Waals surface area contributed by atoms with E-state index in [0.29, 0.717) is 10.6 Å². The fourth-order valence-corrected chi connectivity index (χ4v) is 3.30. The predicted octanol–water partition coefficient (Wildman–Crippen LogP) is 3.22. The lowest BCUT2D eigenvalue weighted by molar-refractivity contribution is 0.0978. The summed E-state index contributed by atoms with van der Waals surface area (Å²) in [6.07, 6.45) is 0. The van der Waals surface area contributed by atoms with Crippen LogP contribution in [0.15, 0.2) is 48.5 Å². The van der Waals surface area contributed by atoms with Crippen LogP contribution in [0.2, 0.25) is 5.02 Å². The van der Waals surface area contributed by atoms with E-state index in [1.165, 1.54) is 0 Å². The number of thiocarbonyl (C=S) groups is 1. The molecule has 136 valence electrons. The Morgan fingerprint density at radius 2 is 1.69 bits per heavy atom. The van der Waals surface area contributed by atoms with Crippen molar-refractivity contribution in [3.05, 3.63) is 59.1 Å². The summed E-state index contributed by atoms with van der Waals surface area (Å²) in [6, 6.07) is 14.9. The second-order valence-electron chi connectivity index (χ2n) is 6.20. The van der Waals surface area contributed by atoms with Gasteiger partial charge in [0.25, 0.3) is 5.91 Å². The van der Waals surface area contributed by atoms with Crippen LogP contribution in [-0.2, 0) is 0 Å². The topological polar surface area (TPSA) is 47.6 Å². The van der Waals surface area contributed by atoms with Gasteiger partial charge in [-0.3, -0.25) is 10.1 Å². The third-order valence-corrected chi connectivity index (χ3v) is 4.88. The predicted molar refractivity (Wildman–Crippen MR) is 111 cm³/mol. The van der Waals surface area contributed by atoms with Crippen molar-refractivity contribution in [2.45, 2.75) is 0 Å². The molecule has 0 atom stereocenters. The first-order valence-corrected chi connectivity index (χ1v) is 9.22. The molecule has 0 saturated carbocycles. The number of hydrogen-bond acceptors (Lipinski definition) is 4. The number of benzene rings is 2. The largest absolute Gasteiger partial charge is 0.367 e. The Hall–Kier alpha value is -2.15. The minimum Gasteiger partial charge on any atom is -0.367 e. The minimum atomic E-state index is -0.329. The zero-order valence-corrected chi connectivity index (χ0v) is 16.1. The first-order chi connectivity index (χ1) is 12.5. The number of nitrogens with zero attached hydrogens (tertiary/aromatic N) is 2. The van der Waals surface area contributed by atoms with Crippen LogP contribution in [0.25, 0.3) is 0 Å². The number of amides is 1. The van der Waals surface area contributed by atoms with Crippen molar-refractivity contribution < 1.29 is 4.79 Å². The van der Waals surface area contributed by atoms with Crippen molar-refractivity contribution in [3.63, 3.8) is 0 Å². The van der Waals surface area contributed by atoms with Gasteiger partial charge in [0.05, 0.1) is 22.0 Å². The number of carbonyl (C=O) groups is 1. The van der Waals surface area contributed by atoms with Gasteiger partial charge >= 0.3 is 0 Å². The number of para-hydroxylation sites is 2. The summed E-state index contributed by atoms with van der Waals surface area (Å²) in [4.78, 5) is 17.0. The Labute approximate surface area is 163 Å². The van der Waals surface area contributed by atoms with E-state index in [-0.39, 0.29) is 11.0 Å². The van der Waals surface area contributed by atoms with Gasteiger partial charge in [0, 0.05) is 26.2 Å². The molecular formula is C19H21ClN4OS. The van der Waals surface area contributed by atoms with Crippen LogP contribution in [0.1, 0.15) is 10.4 Å². The van der Waals surface area contributed by atoms with Crippen LogP contribution in [-0.4, -0.2) is 49.1 Å². The molecule has 2 aromatic carbocycles. The minimum absolute atomic E-state index is 0.247. The van der Waals surface area contributed by atoms with Gasteiger partial charge < -0.3 is 15.1 Å². The molecule has 26 heavy (non-hydrogen) atoms. The molecule has 0 spiro atoms. The molecule has 0 unspecified atom stereocenters. The lowest BCUT2D eigenvalue weighted by Gasteiger charge is -2.35. The molecule has 1 aliphatic rings. The van der Waals surface area contributed by atoms with E-state index in [1.807, 2.05) is 18.2 Å². The van der Waals surface area contributed by atoms with Crippen molar-refractivity contribution in [1.82, 2.24) is 10.2 Å². The number of anilines is 2. The van der Waals surface area contributed by atoms with Crippen LogP contribution in [0, 0.1) is 0 Å². The Bertz CT molecular complexity index is 806. The highest BCUT2D eigenvalue weighted by atomic mass is 35.5. The molecule has 3 rings (SSSR count). The molecule has 1 saturated heterocycles. The zero-order valence-electron chi connectivity index (χ0n) is 14.5. The average Bonchev–Trinajstić information content (AvgIpc) is 2.63. The Morgan fingerprint density at radius 1 is 1.04 bits per heavy atom. The molecule has 0 radical (unpaired) electrons. The second kappa shape index (κ2) is 8.49. The lowest BCUT2D eigenvalue weighted by Crippen LogP contribution is -2.45. The first kappa shape index (κ1) is 18.6. The monoisotopic (exact) mass is 388 g/mol. The van der Waals surface area contributed by atoms with E-state index in [1.54, 1.807) is 24.3 Å². The fraction of sp³-hybridized carbons (Fsp3) is 0.263. The summed E-state index contributed by atoms with van der Waals surface area (Å²) in [5.74, 6) is -0.329. The van der Waals surface area contributed by atoms with E-state index in [0.717, 1.165) is 37.6 Å². The quantitative estimate of drug-likeness (QED) is 0.790. The van der Waals surface area contributed by atoms with Crippen molar-refractivity contribution in [3.8, 4) is 0 Å². The van der Waals surface area contributed by atoms with E-state index in [4.69, 9.17) is 23.8 Å². The molecule has 1 fully saturated rings. The average molecular weight is 389 g/mol. The smallest absolute Gasteiger partial charge is 0.258 e. The van der Waals surface area contributed by atoms with Crippen LogP contribution in [0.5, 0.6) is 0 Å². The van der Waals surface area contributed by atoms with Gasteiger partial charge in [-0.05, 0) is 43.5 Å². The van der Waals surface area contributed by atoms with Gasteiger partial charge in [0.1, 0.15) is 0 Å². The molecule has 0 bridgehead atoms. The number of carbonyl (C=O) groups excluding carboxylic acids is 1. The molecule has 5 nitrogen and oxygen atoms in total. The fourth-order valence-electron chi connectivity index (χ4n) is 2.87.